The van der Waals surface area contributed by atoms with Gasteiger partial charge in [-0.1, -0.05) is 27.5 Å². The topological polar surface area (TPSA) is 87.7 Å². The summed E-state index contributed by atoms with van der Waals surface area (Å²) in [6, 6.07) is 9.71. The number of halogens is 2. The molecule has 0 spiro atoms. The number of carbonyl (C=O) groups is 2. The van der Waals surface area contributed by atoms with Crippen LogP contribution in [0.25, 0.3) is 6.08 Å². The van der Waals surface area contributed by atoms with Gasteiger partial charge in [0.25, 0.3) is 0 Å². The van der Waals surface area contributed by atoms with Crippen molar-refractivity contribution in [2.75, 3.05) is 12.4 Å². The van der Waals surface area contributed by atoms with Crippen molar-refractivity contribution in [3.05, 3.63) is 63.1 Å². The van der Waals surface area contributed by atoms with E-state index in [2.05, 4.69) is 26.6 Å². The smallest absolute Gasteiger partial charge is 0.337 e. The van der Waals surface area contributed by atoms with Crippen LogP contribution in [0.15, 0.2) is 46.9 Å². The lowest BCUT2D eigenvalue weighted by atomic mass is 10.2. The largest absolute Gasteiger partial charge is 0.496 e. The van der Waals surface area contributed by atoms with Crippen molar-refractivity contribution in [1.82, 2.24) is 5.32 Å². The molecule has 2 aromatic carbocycles. The van der Waals surface area contributed by atoms with Crippen LogP contribution in [0.2, 0.25) is 5.02 Å². The molecule has 0 radical (unpaired) electrons. The van der Waals surface area contributed by atoms with Crippen LogP contribution in [0, 0.1) is 0 Å². The van der Waals surface area contributed by atoms with Crippen LogP contribution in [-0.4, -0.2) is 29.2 Å². The minimum atomic E-state index is -1.16. The van der Waals surface area contributed by atoms with Crippen molar-refractivity contribution in [3.63, 3.8) is 0 Å². The Kier molecular flexibility index (Phi) is 7.35. The Labute approximate surface area is 174 Å². The summed E-state index contributed by atoms with van der Waals surface area (Å²) in [4.78, 5) is 23.1. The van der Waals surface area contributed by atoms with Crippen LogP contribution in [-0.2, 0) is 4.79 Å². The van der Waals surface area contributed by atoms with Crippen LogP contribution in [0.1, 0.15) is 15.9 Å². The fourth-order valence-electron chi connectivity index (χ4n) is 2.08. The molecule has 0 saturated carbocycles. The Balaban J connectivity index is 2.02. The molecule has 0 heterocycles. The zero-order chi connectivity index (χ0) is 20.0. The maximum Gasteiger partial charge on any atom is 0.337 e. The molecule has 0 fully saturated rings. The Morgan fingerprint density at radius 3 is 2.67 bits per heavy atom. The standard InChI is InChI=1S/C18H14BrClN2O4S/c1-26-15-6-3-11(19)8-10(15)2-7-16(23)22-18(27)21-12-4-5-14(20)13(9-12)17(24)25/h2-9H,1H3,(H,24,25)(H2,21,22,23,27)/b7-2+. The number of aromatic carboxylic acids is 1. The molecule has 2 rings (SSSR count). The second kappa shape index (κ2) is 9.50. The highest BCUT2D eigenvalue weighted by molar-refractivity contribution is 9.10. The summed E-state index contributed by atoms with van der Waals surface area (Å²) in [6.45, 7) is 0. The number of carbonyl (C=O) groups excluding carboxylic acids is 1. The lowest BCUT2D eigenvalue weighted by molar-refractivity contribution is -0.115. The van der Waals surface area contributed by atoms with Gasteiger partial charge in [0.1, 0.15) is 5.75 Å². The van der Waals surface area contributed by atoms with E-state index in [1.165, 1.54) is 25.3 Å². The number of anilines is 1. The number of benzene rings is 2. The third-order valence-corrected chi connectivity index (χ3v) is 4.32. The number of methoxy groups -OCH3 is 1. The molecule has 0 aromatic heterocycles. The molecule has 6 nitrogen and oxygen atoms in total. The van der Waals surface area contributed by atoms with Gasteiger partial charge >= 0.3 is 5.97 Å². The summed E-state index contributed by atoms with van der Waals surface area (Å²) in [5, 5.41) is 14.4. The number of rotatable bonds is 5. The maximum absolute atomic E-state index is 12.0. The molecule has 0 aliphatic heterocycles. The Morgan fingerprint density at radius 1 is 1.26 bits per heavy atom. The molecule has 1 amide bonds. The molecule has 0 bridgehead atoms. The van der Waals surface area contributed by atoms with Gasteiger partial charge in [-0.25, -0.2) is 4.79 Å². The predicted octanol–water partition coefficient (Wildman–Crippen LogP) is 4.34. The molecule has 9 heteroatoms. The monoisotopic (exact) mass is 468 g/mol. The first-order chi connectivity index (χ1) is 12.8. The zero-order valence-corrected chi connectivity index (χ0v) is 17.1. The van der Waals surface area contributed by atoms with Crippen molar-refractivity contribution >= 4 is 68.5 Å². The summed E-state index contributed by atoms with van der Waals surface area (Å²) in [5.41, 5.74) is 1.03. The van der Waals surface area contributed by atoms with Crippen molar-refractivity contribution in [1.29, 1.82) is 0 Å². The predicted molar refractivity (Wildman–Crippen MR) is 113 cm³/mol. The van der Waals surface area contributed by atoms with Gasteiger partial charge in [0, 0.05) is 21.8 Å². The summed E-state index contributed by atoms with van der Waals surface area (Å²) in [7, 11) is 1.54. The van der Waals surface area contributed by atoms with E-state index < -0.39 is 11.9 Å². The van der Waals surface area contributed by atoms with Crippen molar-refractivity contribution in [2.45, 2.75) is 0 Å². The minimum absolute atomic E-state index is 0.0181. The van der Waals surface area contributed by atoms with Gasteiger partial charge in [-0.3, -0.25) is 10.1 Å². The fraction of sp³-hybridized carbons (Fsp3) is 0.0556. The fourth-order valence-corrected chi connectivity index (χ4v) is 2.88. The van der Waals surface area contributed by atoms with Gasteiger partial charge in [0.05, 0.1) is 17.7 Å². The first-order valence-electron chi connectivity index (χ1n) is 7.46. The molecule has 0 unspecified atom stereocenters. The number of ether oxygens (including phenoxy) is 1. The van der Waals surface area contributed by atoms with E-state index >= 15 is 0 Å². The van der Waals surface area contributed by atoms with E-state index in [9.17, 15) is 9.59 Å². The second-order valence-electron chi connectivity index (χ2n) is 5.16. The molecule has 0 aliphatic carbocycles. The van der Waals surface area contributed by atoms with Gasteiger partial charge in [0.15, 0.2) is 5.11 Å². The highest BCUT2D eigenvalue weighted by Crippen LogP contribution is 2.24. The Morgan fingerprint density at radius 2 is 2.00 bits per heavy atom. The van der Waals surface area contributed by atoms with E-state index in [1.54, 1.807) is 24.3 Å². The average molecular weight is 470 g/mol. The number of carboxylic acids is 1. The van der Waals surface area contributed by atoms with Gasteiger partial charge in [-0.2, -0.15) is 0 Å². The summed E-state index contributed by atoms with van der Waals surface area (Å²) < 4.78 is 6.08. The summed E-state index contributed by atoms with van der Waals surface area (Å²) in [6.07, 6.45) is 2.90. The number of thiocarbonyl (C=S) groups is 1. The Hall–Kier alpha value is -2.42. The molecular formula is C18H14BrClN2O4S. The van der Waals surface area contributed by atoms with E-state index in [1.807, 2.05) is 6.07 Å². The lowest BCUT2D eigenvalue weighted by Crippen LogP contribution is -2.32. The van der Waals surface area contributed by atoms with E-state index in [0.29, 0.717) is 17.0 Å². The molecule has 27 heavy (non-hydrogen) atoms. The molecule has 2 aromatic rings. The van der Waals surface area contributed by atoms with Gasteiger partial charge in [0.2, 0.25) is 5.91 Å². The van der Waals surface area contributed by atoms with E-state index in [0.717, 1.165) is 4.47 Å². The first-order valence-corrected chi connectivity index (χ1v) is 9.04. The highest BCUT2D eigenvalue weighted by atomic mass is 79.9. The highest BCUT2D eigenvalue weighted by Gasteiger charge is 2.10. The van der Waals surface area contributed by atoms with Gasteiger partial charge < -0.3 is 15.2 Å². The number of amides is 1. The van der Waals surface area contributed by atoms with Crippen molar-refractivity contribution in [3.8, 4) is 5.75 Å². The molecule has 0 atom stereocenters. The maximum atomic E-state index is 12.0. The minimum Gasteiger partial charge on any atom is -0.496 e. The third kappa shape index (κ3) is 6.06. The summed E-state index contributed by atoms with van der Waals surface area (Å²) >= 11 is 14.2. The Bertz CT molecular complexity index is 934. The van der Waals surface area contributed by atoms with Gasteiger partial charge in [-0.05, 0) is 54.7 Å². The van der Waals surface area contributed by atoms with Crippen molar-refractivity contribution in [2.24, 2.45) is 0 Å². The lowest BCUT2D eigenvalue weighted by Gasteiger charge is -2.09. The van der Waals surface area contributed by atoms with Crippen LogP contribution >= 0.6 is 39.7 Å². The van der Waals surface area contributed by atoms with Crippen LogP contribution < -0.4 is 15.4 Å². The quantitative estimate of drug-likeness (QED) is 0.446. The SMILES string of the molecule is COc1ccc(Br)cc1/C=C/C(=O)NC(=S)Nc1ccc(Cl)c(C(=O)O)c1. The molecular weight excluding hydrogens is 456 g/mol. The molecule has 140 valence electrons. The van der Waals surface area contributed by atoms with E-state index in [4.69, 9.17) is 33.7 Å². The van der Waals surface area contributed by atoms with Crippen molar-refractivity contribution < 1.29 is 19.4 Å². The molecule has 0 aliphatic rings. The second-order valence-corrected chi connectivity index (χ2v) is 6.89. The number of nitrogens with one attached hydrogen (secondary N) is 2. The first kappa shape index (κ1) is 20.9. The number of carboxylic acid groups (broad SMARTS) is 1. The number of hydrogen-bond donors (Lipinski definition) is 3. The van der Waals surface area contributed by atoms with Crippen LogP contribution in [0.3, 0.4) is 0 Å². The average Bonchev–Trinajstić information content (AvgIpc) is 2.61. The molecule has 0 saturated heterocycles. The van der Waals surface area contributed by atoms with Crippen LogP contribution in [0.4, 0.5) is 5.69 Å². The van der Waals surface area contributed by atoms with Crippen LogP contribution in [0.5, 0.6) is 5.75 Å². The van der Waals surface area contributed by atoms with E-state index in [-0.39, 0.29) is 15.7 Å². The zero-order valence-electron chi connectivity index (χ0n) is 14.0. The third-order valence-electron chi connectivity index (χ3n) is 3.30. The molecule has 3 N–H and O–H groups in total. The summed E-state index contributed by atoms with van der Waals surface area (Å²) in [5.74, 6) is -1.00. The number of hydrogen-bond acceptors (Lipinski definition) is 4. The normalized spacial score (nSPS) is 10.5. The van der Waals surface area contributed by atoms with Gasteiger partial charge in [-0.15, -0.1) is 0 Å².